The Hall–Kier alpha value is -3.09. The molecule has 0 bridgehead atoms. The van der Waals surface area contributed by atoms with E-state index < -0.39 is 0 Å². The van der Waals surface area contributed by atoms with Gasteiger partial charge in [-0.2, -0.15) is 0 Å². The van der Waals surface area contributed by atoms with Crippen LogP contribution in [-0.2, 0) is 6.54 Å². The highest BCUT2D eigenvalue weighted by atomic mass is 16.5. The molecule has 0 aliphatic heterocycles. The molecule has 2 rings (SSSR count). The molecule has 25 heavy (non-hydrogen) atoms. The fraction of sp³-hybridized carbons (Fsp3) is 0.278. The first-order valence-electron chi connectivity index (χ1n) is 7.59. The summed E-state index contributed by atoms with van der Waals surface area (Å²) in [4.78, 5) is 12.1. The molecule has 0 aromatic heterocycles. The molecule has 0 fully saturated rings. The van der Waals surface area contributed by atoms with E-state index in [1.165, 1.54) is 21.3 Å². The van der Waals surface area contributed by atoms with E-state index in [4.69, 9.17) is 18.9 Å². The monoisotopic (exact) mass is 346 g/mol. The van der Waals surface area contributed by atoms with Crippen molar-refractivity contribution < 1.29 is 23.7 Å². The third kappa shape index (κ3) is 4.69. The quantitative estimate of drug-likeness (QED) is 0.806. The van der Waals surface area contributed by atoms with Gasteiger partial charge in [-0.25, -0.2) is 4.79 Å². The van der Waals surface area contributed by atoms with Crippen LogP contribution in [0, 0.1) is 0 Å². The number of hydrogen-bond acceptors (Lipinski definition) is 5. The minimum atomic E-state index is -0.350. The smallest absolute Gasteiger partial charge is 0.319 e. The van der Waals surface area contributed by atoms with Crippen molar-refractivity contribution in [3.63, 3.8) is 0 Å². The molecule has 2 aromatic rings. The fourth-order valence-corrected chi connectivity index (χ4v) is 2.29. The van der Waals surface area contributed by atoms with Gasteiger partial charge < -0.3 is 29.6 Å². The zero-order valence-corrected chi connectivity index (χ0v) is 14.7. The Labute approximate surface area is 146 Å². The van der Waals surface area contributed by atoms with Gasteiger partial charge in [-0.15, -0.1) is 0 Å². The third-order valence-corrected chi connectivity index (χ3v) is 3.51. The Bertz CT molecular complexity index is 708. The van der Waals surface area contributed by atoms with E-state index >= 15 is 0 Å². The number of ether oxygens (including phenoxy) is 4. The molecule has 0 heterocycles. The summed E-state index contributed by atoms with van der Waals surface area (Å²) in [6.07, 6.45) is 0. The van der Waals surface area contributed by atoms with Crippen molar-refractivity contribution in [3.05, 3.63) is 42.0 Å². The number of carbonyl (C=O) groups excluding carboxylic acids is 1. The number of hydrogen-bond donors (Lipinski definition) is 2. The van der Waals surface area contributed by atoms with Crippen LogP contribution in [0.5, 0.6) is 23.0 Å². The number of benzene rings is 2. The van der Waals surface area contributed by atoms with Crippen LogP contribution in [-0.4, -0.2) is 34.5 Å². The molecule has 0 radical (unpaired) electrons. The molecule has 2 amide bonds. The number of carbonyl (C=O) groups is 1. The third-order valence-electron chi connectivity index (χ3n) is 3.51. The minimum absolute atomic E-state index is 0.350. The zero-order chi connectivity index (χ0) is 18.2. The summed E-state index contributed by atoms with van der Waals surface area (Å²) in [6, 6.07) is 10.4. The van der Waals surface area contributed by atoms with Crippen LogP contribution in [0.15, 0.2) is 36.4 Å². The van der Waals surface area contributed by atoms with E-state index in [0.717, 1.165) is 11.3 Å². The number of nitrogens with one attached hydrogen (secondary N) is 2. The first-order valence-corrected chi connectivity index (χ1v) is 7.59. The van der Waals surface area contributed by atoms with Crippen LogP contribution in [0.25, 0.3) is 0 Å². The molecule has 0 saturated carbocycles. The van der Waals surface area contributed by atoms with Crippen molar-refractivity contribution in [2.45, 2.75) is 6.54 Å². The van der Waals surface area contributed by atoms with Crippen LogP contribution in [0.3, 0.4) is 0 Å². The lowest BCUT2D eigenvalue weighted by Gasteiger charge is -2.15. The van der Waals surface area contributed by atoms with Crippen molar-refractivity contribution in [1.29, 1.82) is 0 Å². The average molecular weight is 346 g/mol. The van der Waals surface area contributed by atoms with Crippen LogP contribution >= 0.6 is 0 Å². The number of urea groups is 1. The van der Waals surface area contributed by atoms with Crippen molar-refractivity contribution in [1.82, 2.24) is 5.32 Å². The molecular formula is C18H22N2O5. The van der Waals surface area contributed by atoms with Crippen molar-refractivity contribution in [2.75, 3.05) is 33.8 Å². The van der Waals surface area contributed by atoms with E-state index in [-0.39, 0.29) is 6.03 Å². The van der Waals surface area contributed by atoms with Gasteiger partial charge in [0, 0.05) is 18.7 Å². The molecule has 0 atom stereocenters. The fourth-order valence-electron chi connectivity index (χ4n) is 2.29. The molecule has 0 spiro atoms. The summed E-state index contributed by atoms with van der Waals surface area (Å²) in [6.45, 7) is 0.369. The zero-order valence-electron chi connectivity index (χ0n) is 14.7. The molecule has 0 unspecified atom stereocenters. The Morgan fingerprint density at radius 2 is 1.60 bits per heavy atom. The van der Waals surface area contributed by atoms with E-state index in [2.05, 4.69) is 10.6 Å². The van der Waals surface area contributed by atoms with Crippen LogP contribution in [0.1, 0.15) is 5.56 Å². The number of amides is 2. The lowest BCUT2D eigenvalue weighted by atomic mass is 10.2. The second-order valence-corrected chi connectivity index (χ2v) is 5.07. The van der Waals surface area contributed by atoms with Gasteiger partial charge in [-0.3, -0.25) is 0 Å². The second-order valence-electron chi connectivity index (χ2n) is 5.07. The van der Waals surface area contributed by atoms with Gasteiger partial charge in [-0.05, 0) is 17.7 Å². The summed E-state index contributed by atoms with van der Waals surface area (Å²) < 4.78 is 20.9. The maximum Gasteiger partial charge on any atom is 0.319 e. The molecule has 0 saturated heterocycles. The predicted molar refractivity (Wildman–Crippen MR) is 95.0 cm³/mol. The number of anilines is 1. The highest BCUT2D eigenvalue weighted by Gasteiger charge is 2.14. The van der Waals surface area contributed by atoms with E-state index in [1.807, 2.05) is 24.3 Å². The predicted octanol–water partition coefficient (Wildman–Crippen LogP) is 3.04. The molecule has 134 valence electrons. The van der Waals surface area contributed by atoms with E-state index in [1.54, 1.807) is 19.2 Å². The highest BCUT2D eigenvalue weighted by Crippen LogP contribution is 2.39. The van der Waals surface area contributed by atoms with Gasteiger partial charge >= 0.3 is 6.03 Å². The first kappa shape index (κ1) is 18.3. The molecule has 0 aliphatic carbocycles. The minimum Gasteiger partial charge on any atom is -0.497 e. The molecule has 7 heteroatoms. The van der Waals surface area contributed by atoms with Crippen LogP contribution < -0.4 is 29.6 Å². The second kappa shape index (κ2) is 8.68. The SMILES string of the molecule is COc1cccc(CNC(=O)Nc2cc(OC)c(OC)c(OC)c2)c1. The Kier molecular flexibility index (Phi) is 6.33. The van der Waals surface area contributed by atoms with Crippen LogP contribution in [0.2, 0.25) is 0 Å². The Morgan fingerprint density at radius 1 is 0.920 bits per heavy atom. The lowest BCUT2D eigenvalue weighted by molar-refractivity contribution is 0.251. The maximum atomic E-state index is 12.1. The summed E-state index contributed by atoms with van der Waals surface area (Å²) in [5, 5.41) is 5.53. The summed E-state index contributed by atoms with van der Waals surface area (Å²) in [5.74, 6) is 2.13. The van der Waals surface area contributed by atoms with Gasteiger partial charge in [0.05, 0.1) is 34.1 Å². The standard InChI is InChI=1S/C18H22N2O5/c1-22-14-7-5-6-12(8-14)11-19-18(21)20-13-9-15(23-2)17(25-4)16(10-13)24-3/h5-10H,11H2,1-4H3,(H2,19,20,21). The Morgan fingerprint density at radius 3 is 2.16 bits per heavy atom. The van der Waals surface area contributed by atoms with Gasteiger partial charge in [-0.1, -0.05) is 12.1 Å². The number of methoxy groups -OCH3 is 4. The van der Waals surface area contributed by atoms with Crippen LogP contribution in [0.4, 0.5) is 10.5 Å². The van der Waals surface area contributed by atoms with Gasteiger partial charge in [0.2, 0.25) is 5.75 Å². The normalized spacial score (nSPS) is 9.92. The molecule has 7 nitrogen and oxygen atoms in total. The highest BCUT2D eigenvalue weighted by molar-refractivity contribution is 5.90. The largest absolute Gasteiger partial charge is 0.497 e. The van der Waals surface area contributed by atoms with Gasteiger partial charge in [0.1, 0.15) is 5.75 Å². The topological polar surface area (TPSA) is 78.1 Å². The summed E-state index contributed by atoms with van der Waals surface area (Å²) in [5.41, 5.74) is 1.46. The average Bonchev–Trinajstić information content (AvgIpc) is 2.65. The molecule has 0 aliphatic rings. The first-order chi connectivity index (χ1) is 12.1. The van der Waals surface area contributed by atoms with Crippen molar-refractivity contribution >= 4 is 11.7 Å². The summed E-state index contributed by atoms with van der Waals surface area (Å²) >= 11 is 0. The molecule has 2 aromatic carbocycles. The van der Waals surface area contributed by atoms with Gasteiger partial charge in [0.25, 0.3) is 0 Å². The number of rotatable bonds is 7. The van der Waals surface area contributed by atoms with Crippen molar-refractivity contribution in [2.24, 2.45) is 0 Å². The maximum absolute atomic E-state index is 12.1. The van der Waals surface area contributed by atoms with Crippen molar-refractivity contribution in [3.8, 4) is 23.0 Å². The van der Waals surface area contributed by atoms with E-state index in [0.29, 0.717) is 29.5 Å². The molecular weight excluding hydrogens is 324 g/mol. The summed E-state index contributed by atoms with van der Waals surface area (Å²) in [7, 11) is 6.16. The lowest BCUT2D eigenvalue weighted by Crippen LogP contribution is -2.28. The van der Waals surface area contributed by atoms with E-state index in [9.17, 15) is 4.79 Å². The van der Waals surface area contributed by atoms with Gasteiger partial charge in [0.15, 0.2) is 11.5 Å². The Balaban J connectivity index is 2.04. The molecule has 2 N–H and O–H groups in total.